The molecule has 3 N–H and O–H groups in total. The summed E-state index contributed by atoms with van der Waals surface area (Å²) in [7, 11) is 1.90. The van der Waals surface area contributed by atoms with Crippen molar-refractivity contribution < 1.29 is 0 Å². The molecule has 86 valence electrons. The maximum atomic E-state index is 5.62. The summed E-state index contributed by atoms with van der Waals surface area (Å²) in [5.41, 5.74) is 9.15. The molecule has 0 aliphatic carbocycles. The van der Waals surface area contributed by atoms with Gasteiger partial charge in [-0.1, -0.05) is 0 Å². The van der Waals surface area contributed by atoms with Gasteiger partial charge in [0.25, 0.3) is 0 Å². The van der Waals surface area contributed by atoms with Crippen molar-refractivity contribution >= 4 is 17.0 Å². The van der Waals surface area contributed by atoms with Crippen LogP contribution in [0.3, 0.4) is 0 Å². The minimum atomic E-state index is 0.471. The number of H-pyrrole nitrogens is 1. The average Bonchev–Trinajstić information content (AvgIpc) is 2.83. The van der Waals surface area contributed by atoms with Crippen molar-refractivity contribution in [2.45, 2.75) is 6.92 Å². The number of hydrogen-bond acceptors (Lipinski definition) is 4. The molecule has 6 heteroatoms. The van der Waals surface area contributed by atoms with Gasteiger partial charge in [-0.05, 0) is 19.1 Å². The number of fused-ring (bicyclic) bond motifs is 1. The normalized spacial score (nSPS) is 11.2. The number of nitrogens with two attached hydrogens (primary N) is 1. The van der Waals surface area contributed by atoms with Gasteiger partial charge in [-0.2, -0.15) is 5.10 Å². The molecule has 17 heavy (non-hydrogen) atoms. The van der Waals surface area contributed by atoms with Crippen molar-refractivity contribution in [1.82, 2.24) is 24.7 Å². The maximum absolute atomic E-state index is 5.62. The van der Waals surface area contributed by atoms with E-state index in [0.29, 0.717) is 11.5 Å². The Balaban J connectivity index is 2.21. The van der Waals surface area contributed by atoms with E-state index in [1.807, 2.05) is 24.7 Å². The minimum Gasteiger partial charge on any atom is -0.384 e. The summed E-state index contributed by atoms with van der Waals surface area (Å²) >= 11 is 0. The van der Waals surface area contributed by atoms with E-state index in [1.54, 1.807) is 12.3 Å². The Kier molecular flexibility index (Phi) is 1.91. The Labute approximate surface area is 97.5 Å². The Morgan fingerprint density at radius 1 is 1.29 bits per heavy atom. The van der Waals surface area contributed by atoms with Gasteiger partial charge in [-0.25, -0.2) is 9.97 Å². The first-order chi connectivity index (χ1) is 8.15. The number of pyridine rings is 1. The molecule has 6 nitrogen and oxygen atoms in total. The third-order valence-electron chi connectivity index (χ3n) is 2.86. The Bertz CT molecular complexity index is 693. The highest BCUT2D eigenvalue weighted by Gasteiger charge is 2.11. The minimum absolute atomic E-state index is 0.471. The summed E-state index contributed by atoms with van der Waals surface area (Å²) in [6, 6.07) is 3.63. The zero-order valence-corrected chi connectivity index (χ0v) is 9.60. The van der Waals surface area contributed by atoms with Crippen LogP contribution in [-0.2, 0) is 7.05 Å². The van der Waals surface area contributed by atoms with E-state index in [0.717, 1.165) is 22.6 Å². The van der Waals surface area contributed by atoms with E-state index >= 15 is 0 Å². The highest BCUT2D eigenvalue weighted by Crippen LogP contribution is 2.22. The topological polar surface area (TPSA) is 85.4 Å². The zero-order valence-electron chi connectivity index (χ0n) is 9.60. The summed E-state index contributed by atoms with van der Waals surface area (Å²) in [6.45, 7) is 2.00. The number of aryl methyl sites for hydroxylation is 1. The van der Waals surface area contributed by atoms with Gasteiger partial charge in [0.05, 0.1) is 17.3 Å². The highest BCUT2D eigenvalue weighted by molar-refractivity contribution is 5.77. The molecule has 0 radical (unpaired) electrons. The van der Waals surface area contributed by atoms with Crippen LogP contribution in [0.1, 0.15) is 5.69 Å². The number of aromatic amines is 1. The lowest BCUT2D eigenvalue weighted by atomic mass is 10.2. The molecule has 3 aromatic rings. The standard InChI is InChI=1S/C11H12N6/c1-6-7(5-13-17(6)2)10-14-8-3-4-9(12)15-11(8)16-10/h3-5H,1-2H3,(H3,12,14,15,16). The average molecular weight is 228 g/mol. The van der Waals surface area contributed by atoms with Crippen molar-refractivity contribution in [3.05, 3.63) is 24.0 Å². The molecule has 0 bridgehead atoms. The van der Waals surface area contributed by atoms with E-state index in [2.05, 4.69) is 20.1 Å². The third-order valence-corrected chi connectivity index (χ3v) is 2.86. The first kappa shape index (κ1) is 9.83. The largest absolute Gasteiger partial charge is 0.384 e. The number of imidazole rings is 1. The molecule has 3 aromatic heterocycles. The van der Waals surface area contributed by atoms with Crippen LogP contribution >= 0.6 is 0 Å². The Hall–Kier alpha value is -2.37. The molecule has 0 saturated heterocycles. The van der Waals surface area contributed by atoms with Gasteiger partial charge in [0.2, 0.25) is 0 Å². The lowest BCUT2D eigenvalue weighted by Crippen LogP contribution is -1.92. The van der Waals surface area contributed by atoms with E-state index in [-0.39, 0.29) is 0 Å². The molecule has 3 rings (SSSR count). The first-order valence-corrected chi connectivity index (χ1v) is 5.26. The second-order valence-electron chi connectivity index (χ2n) is 3.96. The number of nitrogens with one attached hydrogen (secondary N) is 1. The molecule has 3 heterocycles. The van der Waals surface area contributed by atoms with Gasteiger partial charge in [-0.15, -0.1) is 0 Å². The van der Waals surface area contributed by atoms with Crippen LogP contribution in [0.5, 0.6) is 0 Å². The van der Waals surface area contributed by atoms with Gasteiger partial charge in [0.15, 0.2) is 5.65 Å². The lowest BCUT2D eigenvalue weighted by molar-refractivity contribution is 0.740. The predicted octanol–water partition coefficient (Wildman–Crippen LogP) is 1.25. The fraction of sp³-hybridized carbons (Fsp3) is 0.182. The summed E-state index contributed by atoms with van der Waals surface area (Å²) < 4.78 is 1.81. The van der Waals surface area contributed by atoms with Gasteiger partial charge in [-0.3, -0.25) is 4.68 Å². The fourth-order valence-electron chi connectivity index (χ4n) is 1.77. The third kappa shape index (κ3) is 1.45. The van der Waals surface area contributed by atoms with Crippen molar-refractivity contribution in [2.75, 3.05) is 5.73 Å². The second-order valence-corrected chi connectivity index (χ2v) is 3.96. The fourth-order valence-corrected chi connectivity index (χ4v) is 1.77. The van der Waals surface area contributed by atoms with Gasteiger partial charge in [0.1, 0.15) is 11.6 Å². The quantitative estimate of drug-likeness (QED) is 0.656. The lowest BCUT2D eigenvalue weighted by Gasteiger charge is -1.95. The number of rotatable bonds is 1. The number of hydrogen-bond donors (Lipinski definition) is 2. The molecule has 0 aliphatic heterocycles. The molecule has 0 aromatic carbocycles. The van der Waals surface area contributed by atoms with Crippen LogP contribution in [0, 0.1) is 6.92 Å². The van der Waals surface area contributed by atoms with E-state index in [9.17, 15) is 0 Å². The molecular formula is C11H12N6. The van der Waals surface area contributed by atoms with Crippen LogP contribution in [0.15, 0.2) is 18.3 Å². The van der Waals surface area contributed by atoms with Crippen LogP contribution in [0.4, 0.5) is 5.82 Å². The number of anilines is 1. The van der Waals surface area contributed by atoms with Crippen LogP contribution in [-0.4, -0.2) is 24.7 Å². The predicted molar refractivity (Wildman–Crippen MR) is 65.2 cm³/mol. The van der Waals surface area contributed by atoms with E-state index < -0.39 is 0 Å². The van der Waals surface area contributed by atoms with Gasteiger partial charge in [0, 0.05) is 12.7 Å². The van der Waals surface area contributed by atoms with Crippen molar-refractivity contribution in [3.63, 3.8) is 0 Å². The van der Waals surface area contributed by atoms with Crippen LogP contribution in [0.2, 0.25) is 0 Å². The van der Waals surface area contributed by atoms with E-state index in [1.165, 1.54) is 0 Å². The summed E-state index contributed by atoms with van der Waals surface area (Å²) in [5.74, 6) is 1.24. The highest BCUT2D eigenvalue weighted by atomic mass is 15.3. The molecule has 0 unspecified atom stereocenters. The first-order valence-electron chi connectivity index (χ1n) is 5.26. The number of aromatic nitrogens is 5. The molecule has 0 spiro atoms. The van der Waals surface area contributed by atoms with Crippen molar-refractivity contribution in [2.24, 2.45) is 7.05 Å². The van der Waals surface area contributed by atoms with Crippen LogP contribution < -0.4 is 5.73 Å². The zero-order chi connectivity index (χ0) is 12.0. The molecule has 0 fully saturated rings. The summed E-state index contributed by atoms with van der Waals surface area (Å²) in [5, 5.41) is 4.19. The molecule has 0 amide bonds. The van der Waals surface area contributed by atoms with Gasteiger partial charge < -0.3 is 10.7 Å². The van der Waals surface area contributed by atoms with Crippen molar-refractivity contribution in [3.8, 4) is 11.4 Å². The SMILES string of the molecule is Cc1c(-c2nc3nc(N)ccc3[nH]2)cnn1C. The molecule has 0 atom stereocenters. The number of nitrogens with zero attached hydrogens (tertiary/aromatic N) is 4. The van der Waals surface area contributed by atoms with Crippen molar-refractivity contribution in [1.29, 1.82) is 0 Å². The molecule has 0 aliphatic rings. The monoisotopic (exact) mass is 228 g/mol. The smallest absolute Gasteiger partial charge is 0.180 e. The van der Waals surface area contributed by atoms with Gasteiger partial charge >= 0.3 is 0 Å². The summed E-state index contributed by atoms with van der Waals surface area (Å²) in [4.78, 5) is 11.8. The maximum Gasteiger partial charge on any atom is 0.180 e. The Morgan fingerprint density at radius 2 is 2.12 bits per heavy atom. The molecular weight excluding hydrogens is 216 g/mol. The summed E-state index contributed by atoms with van der Waals surface area (Å²) in [6.07, 6.45) is 1.79. The molecule has 0 saturated carbocycles. The Morgan fingerprint density at radius 3 is 2.82 bits per heavy atom. The number of nitrogen functional groups attached to an aromatic ring is 1. The van der Waals surface area contributed by atoms with Crippen LogP contribution in [0.25, 0.3) is 22.6 Å². The second kappa shape index (κ2) is 3.31. The van der Waals surface area contributed by atoms with E-state index in [4.69, 9.17) is 5.73 Å².